The molecule has 0 spiro atoms. The number of ether oxygens (including phenoxy) is 3. The van der Waals surface area contributed by atoms with Crippen molar-refractivity contribution in [1.29, 1.82) is 0 Å². The van der Waals surface area contributed by atoms with Gasteiger partial charge in [-0.15, -0.1) is 0 Å². The van der Waals surface area contributed by atoms with Crippen molar-refractivity contribution in [2.45, 2.75) is 25.3 Å². The van der Waals surface area contributed by atoms with E-state index in [1.165, 1.54) is 12.5 Å². The van der Waals surface area contributed by atoms with Gasteiger partial charge in [-0.2, -0.15) is 0 Å². The Morgan fingerprint density at radius 3 is 2.67 bits per heavy atom. The lowest BCUT2D eigenvalue weighted by Gasteiger charge is -2.37. The summed E-state index contributed by atoms with van der Waals surface area (Å²) in [5.74, 6) is 2.28. The molecule has 4 rings (SSSR count). The van der Waals surface area contributed by atoms with E-state index < -0.39 is 0 Å². The monoisotopic (exact) mass is 365 g/mol. The van der Waals surface area contributed by atoms with E-state index in [0.717, 1.165) is 23.4 Å². The zero-order chi connectivity index (χ0) is 19.0. The van der Waals surface area contributed by atoms with Crippen LogP contribution in [-0.2, 0) is 4.79 Å². The van der Waals surface area contributed by atoms with E-state index in [4.69, 9.17) is 14.2 Å². The Bertz CT molecular complexity index is 905. The van der Waals surface area contributed by atoms with Crippen molar-refractivity contribution in [2.75, 3.05) is 19.5 Å². The van der Waals surface area contributed by atoms with Crippen LogP contribution in [0, 0.1) is 5.92 Å². The Morgan fingerprint density at radius 2 is 1.93 bits per heavy atom. The maximum Gasteiger partial charge on any atom is 0.308 e. The quantitative estimate of drug-likeness (QED) is 0.493. The van der Waals surface area contributed by atoms with E-state index in [2.05, 4.69) is 29.6 Å². The minimum absolute atomic E-state index is 0.145. The largest absolute Gasteiger partial charge is 0.497 e. The molecule has 0 saturated heterocycles. The van der Waals surface area contributed by atoms with E-state index in [9.17, 15) is 4.79 Å². The van der Waals surface area contributed by atoms with E-state index >= 15 is 0 Å². The molecule has 3 atom stereocenters. The van der Waals surface area contributed by atoms with Crippen molar-refractivity contribution >= 4 is 11.7 Å². The van der Waals surface area contributed by atoms with Crippen LogP contribution in [0.2, 0.25) is 0 Å². The SMILES string of the molecule is COc1ccc2c(c1)C1C=CCC1C(c1ccc(OC(C)=O)c(OC)c1)N2. The highest BCUT2D eigenvalue weighted by atomic mass is 16.6. The Balaban J connectivity index is 1.71. The number of benzene rings is 2. The smallest absolute Gasteiger partial charge is 0.308 e. The van der Waals surface area contributed by atoms with Gasteiger partial charge in [0.05, 0.1) is 20.3 Å². The van der Waals surface area contributed by atoms with Crippen molar-refractivity contribution in [3.05, 3.63) is 59.7 Å². The summed E-state index contributed by atoms with van der Waals surface area (Å²) in [6.45, 7) is 1.38. The van der Waals surface area contributed by atoms with E-state index in [0.29, 0.717) is 23.3 Å². The number of hydrogen-bond donors (Lipinski definition) is 1. The lowest BCUT2D eigenvalue weighted by atomic mass is 9.77. The first-order chi connectivity index (χ1) is 13.1. The molecular weight excluding hydrogens is 342 g/mol. The molecule has 3 unspecified atom stereocenters. The van der Waals surface area contributed by atoms with Crippen LogP contribution in [0.5, 0.6) is 17.2 Å². The van der Waals surface area contributed by atoms with Gasteiger partial charge in [0.2, 0.25) is 0 Å². The zero-order valence-corrected chi connectivity index (χ0v) is 15.7. The number of fused-ring (bicyclic) bond motifs is 3. The maximum absolute atomic E-state index is 11.3. The lowest BCUT2D eigenvalue weighted by molar-refractivity contribution is -0.132. The summed E-state index contributed by atoms with van der Waals surface area (Å²) in [6, 6.07) is 12.1. The van der Waals surface area contributed by atoms with Gasteiger partial charge in [-0.05, 0) is 53.8 Å². The van der Waals surface area contributed by atoms with Gasteiger partial charge in [-0.25, -0.2) is 0 Å². The van der Waals surface area contributed by atoms with Crippen LogP contribution in [0.1, 0.15) is 36.4 Å². The normalized spacial score (nSPS) is 22.4. The molecule has 2 aliphatic rings. The number of anilines is 1. The molecule has 140 valence electrons. The molecule has 0 radical (unpaired) electrons. The highest BCUT2D eigenvalue weighted by Gasteiger charge is 2.38. The predicted octanol–water partition coefficient (Wildman–Crippen LogP) is 4.46. The van der Waals surface area contributed by atoms with Gasteiger partial charge in [-0.3, -0.25) is 4.79 Å². The molecule has 1 heterocycles. The maximum atomic E-state index is 11.3. The molecule has 27 heavy (non-hydrogen) atoms. The van der Waals surface area contributed by atoms with Gasteiger partial charge >= 0.3 is 5.97 Å². The molecular formula is C22H23NO4. The highest BCUT2D eigenvalue weighted by molar-refractivity contribution is 5.70. The Kier molecular flexibility index (Phi) is 4.52. The molecule has 1 aliphatic carbocycles. The Morgan fingerprint density at radius 1 is 1.07 bits per heavy atom. The number of hydrogen-bond acceptors (Lipinski definition) is 5. The number of methoxy groups -OCH3 is 2. The Labute approximate surface area is 158 Å². The van der Waals surface area contributed by atoms with Crippen LogP contribution >= 0.6 is 0 Å². The Hall–Kier alpha value is -2.95. The minimum Gasteiger partial charge on any atom is -0.497 e. The van der Waals surface area contributed by atoms with Gasteiger partial charge in [0.25, 0.3) is 0 Å². The second kappa shape index (κ2) is 6.99. The van der Waals surface area contributed by atoms with Crippen LogP contribution in [-0.4, -0.2) is 20.2 Å². The third-order valence-corrected chi connectivity index (χ3v) is 5.37. The minimum atomic E-state index is -0.361. The molecule has 0 saturated carbocycles. The van der Waals surface area contributed by atoms with Crippen molar-refractivity contribution in [3.63, 3.8) is 0 Å². The summed E-state index contributed by atoms with van der Waals surface area (Å²) in [5, 5.41) is 3.69. The number of rotatable bonds is 4. The van der Waals surface area contributed by atoms with Crippen LogP contribution in [0.15, 0.2) is 48.6 Å². The number of carbonyl (C=O) groups is 1. The summed E-state index contributed by atoms with van der Waals surface area (Å²) in [6.07, 6.45) is 5.55. The first kappa shape index (κ1) is 17.5. The summed E-state index contributed by atoms with van der Waals surface area (Å²) >= 11 is 0. The van der Waals surface area contributed by atoms with E-state index in [-0.39, 0.29) is 12.0 Å². The van der Waals surface area contributed by atoms with E-state index in [1.807, 2.05) is 18.2 Å². The molecule has 0 bridgehead atoms. The summed E-state index contributed by atoms with van der Waals surface area (Å²) < 4.78 is 16.1. The van der Waals surface area contributed by atoms with Crippen molar-refractivity contribution in [3.8, 4) is 17.2 Å². The fraction of sp³-hybridized carbons (Fsp3) is 0.318. The van der Waals surface area contributed by atoms with Crippen molar-refractivity contribution in [1.82, 2.24) is 0 Å². The van der Waals surface area contributed by atoms with Crippen molar-refractivity contribution < 1.29 is 19.0 Å². The van der Waals surface area contributed by atoms with Gasteiger partial charge < -0.3 is 19.5 Å². The average Bonchev–Trinajstić information content (AvgIpc) is 3.17. The van der Waals surface area contributed by atoms with Crippen LogP contribution in [0.4, 0.5) is 5.69 Å². The second-order valence-corrected chi connectivity index (χ2v) is 6.93. The van der Waals surface area contributed by atoms with Gasteiger partial charge in [0.15, 0.2) is 11.5 Å². The molecule has 0 amide bonds. The summed E-state index contributed by atoms with van der Waals surface area (Å²) in [4.78, 5) is 11.3. The molecule has 2 aromatic carbocycles. The number of esters is 1. The van der Waals surface area contributed by atoms with E-state index in [1.54, 1.807) is 20.3 Å². The third kappa shape index (κ3) is 3.14. The standard InChI is InChI=1S/C22H23NO4/c1-13(24)27-20-10-7-14(11-21(20)26-3)22-17-6-4-5-16(17)18-12-15(25-2)8-9-19(18)23-22/h4-5,7-12,16-17,22-23H,6H2,1-3H3. The molecule has 0 aromatic heterocycles. The summed E-state index contributed by atoms with van der Waals surface area (Å²) in [5.41, 5.74) is 3.51. The first-order valence-electron chi connectivity index (χ1n) is 9.08. The lowest BCUT2D eigenvalue weighted by Crippen LogP contribution is -2.29. The first-order valence-corrected chi connectivity index (χ1v) is 9.08. The van der Waals surface area contributed by atoms with Gasteiger partial charge in [-0.1, -0.05) is 18.2 Å². The van der Waals surface area contributed by atoms with Crippen LogP contribution < -0.4 is 19.5 Å². The zero-order valence-electron chi connectivity index (χ0n) is 15.7. The second-order valence-electron chi connectivity index (χ2n) is 6.93. The number of allylic oxidation sites excluding steroid dienone is 2. The molecule has 2 aromatic rings. The average molecular weight is 365 g/mol. The van der Waals surface area contributed by atoms with Gasteiger partial charge in [0, 0.05) is 18.5 Å². The fourth-order valence-electron chi connectivity index (χ4n) is 4.15. The number of nitrogens with one attached hydrogen (secondary N) is 1. The molecule has 5 heteroatoms. The van der Waals surface area contributed by atoms with Gasteiger partial charge in [0.1, 0.15) is 5.75 Å². The molecule has 1 aliphatic heterocycles. The topological polar surface area (TPSA) is 56.8 Å². The summed E-state index contributed by atoms with van der Waals surface area (Å²) in [7, 11) is 3.28. The number of carbonyl (C=O) groups excluding carboxylic acids is 1. The molecule has 1 N–H and O–H groups in total. The highest BCUT2D eigenvalue weighted by Crippen LogP contribution is 2.51. The van der Waals surface area contributed by atoms with Crippen LogP contribution in [0.3, 0.4) is 0 Å². The molecule has 5 nitrogen and oxygen atoms in total. The predicted molar refractivity (Wildman–Crippen MR) is 104 cm³/mol. The van der Waals surface area contributed by atoms with Crippen molar-refractivity contribution in [2.24, 2.45) is 5.92 Å². The van der Waals surface area contributed by atoms with Crippen LogP contribution in [0.25, 0.3) is 0 Å². The molecule has 0 fully saturated rings. The fourth-order valence-corrected chi connectivity index (χ4v) is 4.15. The third-order valence-electron chi connectivity index (χ3n) is 5.37.